The molecule has 1 heteroatoms. The topological polar surface area (TPSA) is 0 Å². The van der Waals surface area contributed by atoms with Crippen molar-refractivity contribution in [3.63, 3.8) is 0 Å². The summed E-state index contributed by atoms with van der Waals surface area (Å²) in [5, 5.41) is 0. The standard InChI is InChI=1S/C29H36Si/c1-6-10-19(2)25-18-29(27-17-22-12-9-11-21(22)16-26(25)27)30(4,5)28-15-20(3)23-13-7-8-14-24(23)28/h7-8,13-19,28-29H,6,9-12H2,1-5H3. The Kier molecular flexibility index (Phi) is 4.93. The molecule has 156 valence electrons. The zero-order chi connectivity index (χ0) is 21.0. The van der Waals surface area contributed by atoms with E-state index in [-0.39, 0.29) is 0 Å². The average Bonchev–Trinajstić information content (AvgIpc) is 3.42. The van der Waals surface area contributed by atoms with Crippen LogP contribution < -0.4 is 0 Å². The van der Waals surface area contributed by atoms with Crippen LogP contribution in [0.4, 0.5) is 0 Å². The Hall–Kier alpha value is -1.86. The van der Waals surface area contributed by atoms with Gasteiger partial charge in [-0.2, -0.15) is 0 Å². The van der Waals surface area contributed by atoms with E-state index in [1.54, 1.807) is 33.4 Å². The highest BCUT2D eigenvalue weighted by Gasteiger charge is 2.45. The summed E-state index contributed by atoms with van der Waals surface area (Å²) in [5.74, 6) is 0.663. The lowest BCUT2D eigenvalue weighted by molar-refractivity contribution is 0.650. The second-order valence-corrected chi connectivity index (χ2v) is 15.5. The van der Waals surface area contributed by atoms with Crippen LogP contribution in [-0.2, 0) is 12.8 Å². The number of hydrogen-bond donors (Lipinski definition) is 0. The van der Waals surface area contributed by atoms with Crippen LogP contribution in [0.2, 0.25) is 13.1 Å². The molecule has 0 aromatic heterocycles. The Morgan fingerprint density at radius 3 is 2.40 bits per heavy atom. The fraction of sp³-hybridized carbons (Fsp3) is 0.448. The van der Waals surface area contributed by atoms with Gasteiger partial charge in [0.15, 0.2) is 0 Å². The number of aryl methyl sites for hydroxylation is 2. The van der Waals surface area contributed by atoms with Crippen molar-refractivity contribution in [2.24, 2.45) is 5.92 Å². The summed E-state index contributed by atoms with van der Waals surface area (Å²) in [7, 11) is -1.68. The van der Waals surface area contributed by atoms with Crippen molar-refractivity contribution in [1.82, 2.24) is 0 Å². The molecule has 0 bridgehead atoms. The van der Waals surface area contributed by atoms with Crippen LogP contribution in [0.25, 0.3) is 11.1 Å². The van der Waals surface area contributed by atoms with E-state index in [1.807, 2.05) is 0 Å². The normalized spacial score (nSPS) is 23.0. The van der Waals surface area contributed by atoms with Gasteiger partial charge in [0.05, 0.1) is 8.07 Å². The quantitative estimate of drug-likeness (QED) is 0.435. The van der Waals surface area contributed by atoms with Gasteiger partial charge in [0.25, 0.3) is 0 Å². The van der Waals surface area contributed by atoms with Gasteiger partial charge in [-0.05, 0) is 94.1 Å². The molecule has 0 heterocycles. The van der Waals surface area contributed by atoms with Gasteiger partial charge in [-0.3, -0.25) is 0 Å². The van der Waals surface area contributed by atoms with E-state index in [1.165, 1.54) is 43.2 Å². The zero-order valence-corrected chi connectivity index (χ0v) is 20.4. The first-order chi connectivity index (χ1) is 14.4. The first-order valence-electron chi connectivity index (χ1n) is 12.1. The van der Waals surface area contributed by atoms with E-state index < -0.39 is 8.07 Å². The summed E-state index contributed by atoms with van der Waals surface area (Å²) in [6.07, 6.45) is 11.8. The van der Waals surface area contributed by atoms with Crippen molar-refractivity contribution in [3.8, 4) is 0 Å². The Balaban J connectivity index is 1.62. The van der Waals surface area contributed by atoms with Gasteiger partial charge in [-0.15, -0.1) is 0 Å². The molecule has 0 N–H and O–H groups in total. The van der Waals surface area contributed by atoms with Crippen molar-refractivity contribution in [2.45, 2.75) is 77.1 Å². The molecule has 0 nitrogen and oxygen atoms in total. The molecule has 0 fully saturated rings. The molecule has 0 saturated carbocycles. The number of fused-ring (bicyclic) bond motifs is 3. The fourth-order valence-electron chi connectivity index (χ4n) is 6.51. The molecule has 3 aliphatic carbocycles. The van der Waals surface area contributed by atoms with Crippen LogP contribution in [0, 0.1) is 5.92 Å². The van der Waals surface area contributed by atoms with Gasteiger partial charge in [0.1, 0.15) is 0 Å². The molecular formula is C29H36Si. The van der Waals surface area contributed by atoms with E-state index >= 15 is 0 Å². The highest BCUT2D eigenvalue weighted by atomic mass is 28.3. The number of allylic oxidation sites excluding steroid dienone is 4. The van der Waals surface area contributed by atoms with Gasteiger partial charge in [0, 0.05) is 0 Å². The Bertz CT molecular complexity index is 1050. The molecule has 2 aromatic rings. The van der Waals surface area contributed by atoms with Gasteiger partial charge in [-0.1, -0.05) is 81.9 Å². The van der Waals surface area contributed by atoms with E-state index in [9.17, 15) is 0 Å². The van der Waals surface area contributed by atoms with Crippen LogP contribution in [0.15, 0.2) is 48.6 Å². The van der Waals surface area contributed by atoms with E-state index in [2.05, 4.69) is 82.4 Å². The van der Waals surface area contributed by atoms with E-state index in [0.717, 1.165) is 0 Å². The third-order valence-electron chi connectivity index (χ3n) is 8.25. The number of hydrogen-bond acceptors (Lipinski definition) is 0. The maximum atomic E-state index is 2.73. The zero-order valence-electron chi connectivity index (χ0n) is 19.4. The lowest BCUT2D eigenvalue weighted by Crippen LogP contribution is -2.40. The first kappa shape index (κ1) is 20.1. The first-order valence-corrected chi connectivity index (χ1v) is 15.2. The third-order valence-corrected chi connectivity index (χ3v) is 12.4. The van der Waals surface area contributed by atoms with Crippen LogP contribution in [-0.4, -0.2) is 8.07 Å². The minimum atomic E-state index is -1.68. The molecule has 30 heavy (non-hydrogen) atoms. The van der Waals surface area contributed by atoms with Gasteiger partial charge in [0.2, 0.25) is 0 Å². The van der Waals surface area contributed by atoms with Crippen molar-refractivity contribution in [3.05, 3.63) is 81.9 Å². The number of benzene rings is 2. The second-order valence-electron chi connectivity index (χ2n) is 10.6. The molecule has 5 rings (SSSR count). The SMILES string of the molecule is CCCC(C)C1=CC([Si](C)(C)C2C=C(C)c3ccccc32)c2cc3c(cc21)CCC3. The summed E-state index contributed by atoms with van der Waals surface area (Å²) in [6, 6.07) is 14.4. The Morgan fingerprint density at radius 2 is 1.63 bits per heavy atom. The summed E-state index contributed by atoms with van der Waals surface area (Å²) in [4.78, 5) is 0. The summed E-state index contributed by atoms with van der Waals surface area (Å²) in [6.45, 7) is 12.4. The Morgan fingerprint density at radius 1 is 0.933 bits per heavy atom. The molecule has 3 aliphatic rings. The third kappa shape index (κ3) is 3.00. The molecule has 3 atom stereocenters. The highest BCUT2D eigenvalue weighted by Crippen LogP contribution is 2.52. The van der Waals surface area contributed by atoms with Gasteiger partial charge in [-0.25, -0.2) is 0 Å². The van der Waals surface area contributed by atoms with Crippen LogP contribution in [0.1, 0.15) is 84.5 Å². The van der Waals surface area contributed by atoms with Crippen molar-refractivity contribution < 1.29 is 0 Å². The maximum Gasteiger partial charge on any atom is 0.0715 e. The maximum absolute atomic E-state index is 2.73. The highest BCUT2D eigenvalue weighted by molar-refractivity contribution is 6.81. The fourth-order valence-corrected chi connectivity index (χ4v) is 10.3. The molecular weight excluding hydrogens is 376 g/mol. The summed E-state index contributed by atoms with van der Waals surface area (Å²) in [5.41, 5.74) is 14.0. The minimum absolute atomic E-state index is 0.608. The lowest BCUT2D eigenvalue weighted by Gasteiger charge is -2.35. The molecule has 0 saturated heterocycles. The smallest absolute Gasteiger partial charge is 0.0715 e. The van der Waals surface area contributed by atoms with Gasteiger partial charge >= 0.3 is 0 Å². The van der Waals surface area contributed by atoms with Gasteiger partial charge < -0.3 is 0 Å². The van der Waals surface area contributed by atoms with E-state index in [4.69, 9.17) is 0 Å². The molecule has 0 amide bonds. The molecule has 0 radical (unpaired) electrons. The molecule has 3 unspecified atom stereocenters. The van der Waals surface area contributed by atoms with Crippen LogP contribution >= 0.6 is 0 Å². The lowest BCUT2D eigenvalue weighted by atomic mass is 9.90. The van der Waals surface area contributed by atoms with Crippen molar-refractivity contribution in [2.75, 3.05) is 0 Å². The summed E-state index contributed by atoms with van der Waals surface area (Å²) < 4.78 is 0. The second kappa shape index (κ2) is 7.37. The average molecular weight is 413 g/mol. The van der Waals surface area contributed by atoms with Crippen LogP contribution in [0.3, 0.4) is 0 Å². The van der Waals surface area contributed by atoms with Crippen molar-refractivity contribution >= 4 is 19.2 Å². The van der Waals surface area contributed by atoms with E-state index in [0.29, 0.717) is 17.0 Å². The van der Waals surface area contributed by atoms with Crippen LogP contribution in [0.5, 0.6) is 0 Å². The van der Waals surface area contributed by atoms with Crippen molar-refractivity contribution in [1.29, 1.82) is 0 Å². The Labute approximate surface area is 184 Å². The monoisotopic (exact) mass is 412 g/mol. The predicted molar refractivity (Wildman–Crippen MR) is 134 cm³/mol. The molecule has 0 spiro atoms. The largest absolute Gasteiger partial charge is 0.0761 e. The number of rotatable bonds is 5. The summed E-state index contributed by atoms with van der Waals surface area (Å²) >= 11 is 0. The molecule has 2 aromatic carbocycles. The predicted octanol–water partition coefficient (Wildman–Crippen LogP) is 8.08. The molecule has 0 aliphatic heterocycles. The minimum Gasteiger partial charge on any atom is -0.0761 e.